The zero-order valence-electron chi connectivity index (χ0n) is 9.96. The van der Waals surface area contributed by atoms with Crippen molar-refractivity contribution in [3.05, 3.63) is 34.9 Å². The fraction of sp³-hybridized carbons (Fsp3) is 0.462. The third-order valence-electron chi connectivity index (χ3n) is 2.53. The van der Waals surface area contributed by atoms with E-state index < -0.39 is 0 Å². The summed E-state index contributed by atoms with van der Waals surface area (Å²) in [6.45, 7) is 0.622. The van der Waals surface area contributed by atoms with Crippen LogP contribution in [0.15, 0.2) is 24.3 Å². The van der Waals surface area contributed by atoms with Crippen LogP contribution < -0.4 is 0 Å². The van der Waals surface area contributed by atoms with Gasteiger partial charge in [0.2, 0.25) is 5.91 Å². The van der Waals surface area contributed by atoms with Crippen molar-refractivity contribution in [1.29, 1.82) is 0 Å². The molecule has 0 aliphatic heterocycles. The van der Waals surface area contributed by atoms with Crippen LogP contribution in [0.1, 0.15) is 24.8 Å². The molecule has 17 heavy (non-hydrogen) atoms. The lowest BCUT2D eigenvalue weighted by atomic mass is 10.2. The van der Waals surface area contributed by atoms with Crippen molar-refractivity contribution in [2.45, 2.75) is 25.8 Å². The number of rotatable bonds is 6. The van der Waals surface area contributed by atoms with Gasteiger partial charge in [-0.25, -0.2) is 0 Å². The number of halogens is 2. The maximum absolute atomic E-state index is 11.7. The molecule has 0 aliphatic carbocycles. The number of carbonyl (C=O) groups excluding carboxylic acids is 1. The third-order valence-corrected chi connectivity index (χ3v) is 3.05. The lowest BCUT2D eigenvalue weighted by Crippen LogP contribution is -2.25. The molecule has 0 saturated heterocycles. The minimum Gasteiger partial charge on any atom is -0.341 e. The van der Waals surface area contributed by atoms with Crippen molar-refractivity contribution in [1.82, 2.24) is 4.90 Å². The Morgan fingerprint density at radius 2 is 1.88 bits per heavy atom. The average molecular weight is 274 g/mol. The van der Waals surface area contributed by atoms with Gasteiger partial charge in [-0.1, -0.05) is 23.7 Å². The normalized spacial score (nSPS) is 10.3. The van der Waals surface area contributed by atoms with E-state index in [0.29, 0.717) is 23.9 Å². The monoisotopic (exact) mass is 273 g/mol. The van der Waals surface area contributed by atoms with Crippen molar-refractivity contribution in [3.63, 3.8) is 0 Å². The summed E-state index contributed by atoms with van der Waals surface area (Å²) in [7, 11) is 1.82. The first-order valence-corrected chi connectivity index (χ1v) is 6.59. The fourth-order valence-electron chi connectivity index (χ4n) is 1.51. The van der Waals surface area contributed by atoms with Crippen LogP contribution in [-0.4, -0.2) is 23.7 Å². The van der Waals surface area contributed by atoms with Gasteiger partial charge < -0.3 is 4.90 Å². The molecule has 0 saturated carbocycles. The number of amides is 1. The Bertz CT molecular complexity index is 351. The lowest BCUT2D eigenvalue weighted by Gasteiger charge is -2.17. The number of hydrogen-bond acceptors (Lipinski definition) is 1. The van der Waals surface area contributed by atoms with Crippen LogP contribution in [0.25, 0.3) is 0 Å². The molecule has 1 aromatic carbocycles. The van der Waals surface area contributed by atoms with Crippen LogP contribution in [0.4, 0.5) is 0 Å². The zero-order chi connectivity index (χ0) is 12.7. The Morgan fingerprint density at radius 1 is 1.24 bits per heavy atom. The van der Waals surface area contributed by atoms with E-state index in [2.05, 4.69) is 0 Å². The maximum atomic E-state index is 11.7. The molecule has 1 amide bonds. The Kier molecular flexibility index (Phi) is 6.38. The van der Waals surface area contributed by atoms with Crippen LogP contribution in [0.3, 0.4) is 0 Å². The first-order chi connectivity index (χ1) is 8.13. The number of unbranched alkanes of at least 4 members (excludes halogenated alkanes) is 1. The second kappa shape index (κ2) is 7.57. The molecule has 0 radical (unpaired) electrons. The first kappa shape index (κ1) is 14.3. The van der Waals surface area contributed by atoms with Gasteiger partial charge in [-0.15, -0.1) is 11.6 Å². The van der Waals surface area contributed by atoms with Gasteiger partial charge in [0.25, 0.3) is 0 Å². The molecule has 0 aromatic heterocycles. The fourth-order valence-corrected chi connectivity index (χ4v) is 1.83. The van der Waals surface area contributed by atoms with E-state index in [-0.39, 0.29) is 5.91 Å². The molecule has 0 spiro atoms. The quantitative estimate of drug-likeness (QED) is 0.572. The summed E-state index contributed by atoms with van der Waals surface area (Å²) in [5.41, 5.74) is 1.09. The molecule has 4 heteroatoms. The van der Waals surface area contributed by atoms with Crippen LogP contribution >= 0.6 is 23.2 Å². The summed E-state index contributed by atoms with van der Waals surface area (Å²) in [4.78, 5) is 13.5. The van der Waals surface area contributed by atoms with E-state index in [1.54, 1.807) is 4.90 Å². The second-order valence-electron chi connectivity index (χ2n) is 4.02. The molecular weight excluding hydrogens is 257 g/mol. The van der Waals surface area contributed by atoms with E-state index >= 15 is 0 Å². The van der Waals surface area contributed by atoms with Gasteiger partial charge in [0.1, 0.15) is 0 Å². The Labute approximate surface area is 113 Å². The van der Waals surface area contributed by atoms with Gasteiger partial charge >= 0.3 is 0 Å². The molecule has 0 bridgehead atoms. The maximum Gasteiger partial charge on any atom is 0.222 e. The van der Waals surface area contributed by atoms with Crippen molar-refractivity contribution in [2.75, 3.05) is 12.9 Å². The highest BCUT2D eigenvalue weighted by Crippen LogP contribution is 2.11. The summed E-state index contributed by atoms with van der Waals surface area (Å²) in [5.74, 6) is 0.777. The molecule has 0 N–H and O–H groups in total. The highest BCUT2D eigenvalue weighted by Gasteiger charge is 2.08. The first-order valence-electron chi connectivity index (χ1n) is 5.68. The topological polar surface area (TPSA) is 20.3 Å². The van der Waals surface area contributed by atoms with Gasteiger partial charge in [-0.2, -0.15) is 0 Å². The Balaban J connectivity index is 2.40. The molecule has 2 nitrogen and oxygen atoms in total. The van der Waals surface area contributed by atoms with Crippen molar-refractivity contribution >= 4 is 29.1 Å². The van der Waals surface area contributed by atoms with Gasteiger partial charge in [-0.3, -0.25) is 4.79 Å². The van der Waals surface area contributed by atoms with Gasteiger partial charge in [0.15, 0.2) is 0 Å². The predicted molar refractivity (Wildman–Crippen MR) is 72.5 cm³/mol. The zero-order valence-corrected chi connectivity index (χ0v) is 11.5. The van der Waals surface area contributed by atoms with E-state index in [1.165, 1.54) is 0 Å². The molecule has 0 fully saturated rings. The minimum absolute atomic E-state index is 0.157. The Morgan fingerprint density at radius 3 is 2.47 bits per heavy atom. The molecule has 0 heterocycles. The lowest BCUT2D eigenvalue weighted by molar-refractivity contribution is -0.130. The Hall–Kier alpha value is -0.730. The van der Waals surface area contributed by atoms with Gasteiger partial charge in [-0.05, 0) is 30.5 Å². The minimum atomic E-state index is 0.157. The molecule has 1 rings (SSSR count). The van der Waals surface area contributed by atoms with Crippen molar-refractivity contribution in [3.8, 4) is 0 Å². The summed E-state index contributed by atoms with van der Waals surface area (Å²) in [6.07, 6.45) is 2.31. The van der Waals surface area contributed by atoms with Crippen LogP contribution in [0.5, 0.6) is 0 Å². The number of carbonyl (C=O) groups is 1. The van der Waals surface area contributed by atoms with Crippen LogP contribution in [0.2, 0.25) is 5.02 Å². The molecule has 0 aliphatic rings. The molecule has 0 atom stereocenters. The van der Waals surface area contributed by atoms with Crippen molar-refractivity contribution in [2.24, 2.45) is 0 Å². The summed E-state index contributed by atoms with van der Waals surface area (Å²) in [6, 6.07) is 7.54. The number of alkyl halides is 1. The SMILES string of the molecule is CN(Cc1ccc(Cl)cc1)C(=O)CCCCCl. The largest absolute Gasteiger partial charge is 0.341 e. The second-order valence-corrected chi connectivity index (χ2v) is 4.84. The van der Waals surface area contributed by atoms with Gasteiger partial charge in [0.05, 0.1) is 0 Å². The van der Waals surface area contributed by atoms with E-state index in [4.69, 9.17) is 23.2 Å². The third kappa shape index (κ3) is 5.42. The van der Waals surface area contributed by atoms with Crippen molar-refractivity contribution < 1.29 is 4.79 Å². The highest BCUT2D eigenvalue weighted by molar-refractivity contribution is 6.30. The molecular formula is C13H17Cl2NO. The predicted octanol–water partition coefficient (Wildman–Crippen LogP) is 3.71. The summed E-state index contributed by atoms with van der Waals surface area (Å²) in [5, 5.41) is 0.713. The molecule has 1 aromatic rings. The number of hydrogen-bond donors (Lipinski definition) is 0. The highest BCUT2D eigenvalue weighted by atomic mass is 35.5. The summed E-state index contributed by atoms with van der Waals surface area (Å²) < 4.78 is 0. The van der Waals surface area contributed by atoms with Gasteiger partial charge in [0, 0.05) is 30.9 Å². The standard InChI is InChI=1S/C13H17Cl2NO/c1-16(13(17)4-2-3-9-14)10-11-5-7-12(15)8-6-11/h5-8H,2-4,9-10H2,1H3. The molecule has 94 valence electrons. The smallest absolute Gasteiger partial charge is 0.222 e. The summed E-state index contributed by atoms with van der Waals surface area (Å²) >= 11 is 11.4. The molecule has 0 unspecified atom stereocenters. The van der Waals surface area contributed by atoms with E-state index in [0.717, 1.165) is 18.4 Å². The van der Waals surface area contributed by atoms with Crippen LogP contribution in [-0.2, 0) is 11.3 Å². The van der Waals surface area contributed by atoms with E-state index in [9.17, 15) is 4.79 Å². The van der Waals surface area contributed by atoms with E-state index in [1.807, 2.05) is 31.3 Å². The number of benzene rings is 1. The average Bonchev–Trinajstić information content (AvgIpc) is 2.32. The van der Waals surface area contributed by atoms with Crippen LogP contribution in [0, 0.1) is 0 Å². The number of nitrogens with zero attached hydrogens (tertiary/aromatic N) is 1.